The molecule has 1 aromatic heterocycles. The molecule has 5 heteroatoms. The van der Waals surface area contributed by atoms with Crippen LogP contribution in [0.2, 0.25) is 0 Å². The standard InChI is InChI=1S/C18H25N3O2/c1-14-18(20-13-19-14)12-21(11-17-4-3-9-23-17)10-15-5-7-16(22-2)8-6-15/h5-8,13,17H,3-4,9-12H2,1-2H3,(H,19,20)/t17-/m1/s1. The summed E-state index contributed by atoms with van der Waals surface area (Å²) in [6.07, 6.45) is 4.43. The van der Waals surface area contributed by atoms with Gasteiger partial charge in [0.05, 0.1) is 25.2 Å². The summed E-state index contributed by atoms with van der Waals surface area (Å²) < 4.78 is 11.1. The van der Waals surface area contributed by atoms with Gasteiger partial charge in [-0.1, -0.05) is 12.1 Å². The average Bonchev–Trinajstić information content (AvgIpc) is 3.21. The van der Waals surface area contributed by atoms with Crippen LogP contribution in [0.15, 0.2) is 30.6 Å². The number of methoxy groups -OCH3 is 1. The summed E-state index contributed by atoms with van der Waals surface area (Å²) in [4.78, 5) is 10.0. The van der Waals surface area contributed by atoms with Crippen molar-refractivity contribution in [3.05, 3.63) is 47.5 Å². The van der Waals surface area contributed by atoms with Crippen molar-refractivity contribution in [2.24, 2.45) is 0 Å². The Morgan fingerprint density at radius 1 is 1.30 bits per heavy atom. The first kappa shape index (κ1) is 16.0. The summed E-state index contributed by atoms with van der Waals surface area (Å²) in [5.74, 6) is 0.891. The molecule has 2 aromatic rings. The number of aromatic amines is 1. The lowest BCUT2D eigenvalue weighted by atomic mass is 10.1. The molecular formula is C18H25N3O2. The molecule has 1 saturated heterocycles. The second-order valence-corrected chi connectivity index (χ2v) is 6.13. The quantitative estimate of drug-likeness (QED) is 0.853. The molecule has 1 aliphatic heterocycles. The average molecular weight is 315 g/mol. The molecule has 0 bridgehead atoms. The van der Waals surface area contributed by atoms with Gasteiger partial charge in [0.2, 0.25) is 0 Å². The zero-order chi connectivity index (χ0) is 16.1. The Balaban J connectivity index is 1.69. The van der Waals surface area contributed by atoms with E-state index in [1.54, 1.807) is 13.4 Å². The molecule has 23 heavy (non-hydrogen) atoms. The first-order valence-electron chi connectivity index (χ1n) is 8.20. The number of imidazole rings is 1. The van der Waals surface area contributed by atoms with E-state index in [1.165, 1.54) is 12.0 Å². The van der Waals surface area contributed by atoms with Crippen LogP contribution in [0.1, 0.15) is 29.8 Å². The van der Waals surface area contributed by atoms with Crippen molar-refractivity contribution in [3.63, 3.8) is 0 Å². The van der Waals surface area contributed by atoms with Crippen LogP contribution < -0.4 is 4.74 Å². The van der Waals surface area contributed by atoms with Crippen LogP contribution in [0.4, 0.5) is 0 Å². The molecule has 0 amide bonds. The van der Waals surface area contributed by atoms with Crippen molar-refractivity contribution < 1.29 is 9.47 Å². The summed E-state index contributed by atoms with van der Waals surface area (Å²) in [5.41, 5.74) is 3.52. The third-order valence-corrected chi connectivity index (χ3v) is 4.36. The minimum absolute atomic E-state index is 0.340. The summed E-state index contributed by atoms with van der Waals surface area (Å²) in [6.45, 7) is 5.62. The van der Waals surface area contributed by atoms with Crippen LogP contribution in [0, 0.1) is 6.92 Å². The molecule has 124 valence electrons. The number of ether oxygens (including phenoxy) is 2. The fourth-order valence-electron chi connectivity index (χ4n) is 3.01. The minimum Gasteiger partial charge on any atom is -0.497 e. The number of nitrogens with one attached hydrogen (secondary N) is 1. The first-order valence-corrected chi connectivity index (χ1v) is 8.20. The first-order chi connectivity index (χ1) is 11.2. The van der Waals surface area contributed by atoms with E-state index in [-0.39, 0.29) is 0 Å². The van der Waals surface area contributed by atoms with E-state index in [0.717, 1.165) is 49.8 Å². The Bertz CT molecular complexity index is 603. The molecule has 0 unspecified atom stereocenters. The third kappa shape index (κ3) is 4.33. The highest BCUT2D eigenvalue weighted by molar-refractivity contribution is 5.27. The number of H-pyrrole nitrogens is 1. The maximum Gasteiger partial charge on any atom is 0.118 e. The number of nitrogens with zero attached hydrogens (tertiary/aromatic N) is 2. The van der Waals surface area contributed by atoms with E-state index in [1.807, 2.05) is 12.1 Å². The molecule has 0 spiro atoms. The van der Waals surface area contributed by atoms with Crippen molar-refractivity contribution in [2.75, 3.05) is 20.3 Å². The van der Waals surface area contributed by atoms with E-state index < -0.39 is 0 Å². The molecule has 3 rings (SSSR count). The number of aromatic nitrogens is 2. The zero-order valence-corrected chi connectivity index (χ0v) is 13.9. The fourth-order valence-corrected chi connectivity index (χ4v) is 3.01. The lowest BCUT2D eigenvalue weighted by Crippen LogP contribution is -2.31. The normalized spacial score (nSPS) is 17.8. The minimum atomic E-state index is 0.340. The highest BCUT2D eigenvalue weighted by Gasteiger charge is 2.20. The molecule has 1 fully saturated rings. The smallest absolute Gasteiger partial charge is 0.118 e. The maximum atomic E-state index is 5.82. The predicted molar refractivity (Wildman–Crippen MR) is 89.4 cm³/mol. The molecule has 1 aliphatic rings. The summed E-state index contributed by atoms with van der Waals surface area (Å²) in [7, 11) is 1.69. The van der Waals surface area contributed by atoms with E-state index in [0.29, 0.717) is 6.10 Å². The SMILES string of the molecule is COc1ccc(CN(Cc2nc[nH]c2C)C[C@H]2CCCO2)cc1. The Labute approximate surface area is 137 Å². The molecule has 0 saturated carbocycles. The number of benzene rings is 1. The number of hydrogen-bond donors (Lipinski definition) is 1. The predicted octanol–water partition coefficient (Wildman–Crippen LogP) is 2.91. The monoisotopic (exact) mass is 315 g/mol. The Hall–Kier alpha value is -1.85. The van der Waals surface area contributed by atoms with Gasteiger partial charge in [0.15, 0.2) is 0 Å². The van der Waals surface area contributed by atoms with E-state index in [2.05, 4.69) is 33.9 Å². The highest BCUT2D eigenvalue weighted by atomic mass is 16.5. The number of hydrogen-bond acceptors (Lipinski definition) is 4. The van der Waals surface area contributed by atoms with Gasteiger partial charge < -0.3 is 14.5 Å². The Morgan fingerprint density at radius 3 is 2.74 bits per heavy atom. The molecule has 1 aromatic carbocycles. The maximum absolute atomic E-state index is 5.82. The summed E-state index contributed by atoms with van der Waals surface area (Å²) >= 11 is 0. The topological polar surface area (TPSA) is 50.4 Å². The fraction of sp³-hybridized carbons (Fsp3) is 0.500. The van der Waals surface area contributed by atoms with Gasteiger partial charge in [-0.05, 0) is 37.5 Å². The van der Waals surface area contributed by atoms with E-state index in [4.69, 9.17) is 9.47 Å². The van der Waals surface area contributed by atoms with E-state index >= 15 is 0 Å². The van der Waals surface area contributed by atoms with Gasteiger partial charge >= 0.3 is 0 Å². The van der Waals surface area contributed by atoms with Crippen LogP contribution in [-0.4, -0.2) is 41.2 Å². The van der Waals surface area contributed by atoms with Gasteiger partial charge in [-0.25, -0.2) is 4.98 Å². The van der Waals surface area contributed by atoms with Gasteiger partial charge in [-0.2, -0.15) is 0 Å². The van der Waals surface area contributed by atoms with Crippen molar-refractivity contribution in [1.29, 1.82) is 0 Å². The molecule has 0 aliphatic carbocycles. The van der Waals surface area contributed by atoms with Gasteiger partial charge in [0, 0.05) is 31.9 Å². The van der Waals surface area contributed by atoms with Crippen LogP contribution >= 0.6 is 0 Å². The molecular weight excluding hydrogens is 290 g/mol. The van der Waals surface area contributed by atoms with Crippen molar-refractivity contribution in [3.8, 4) is 5.75 Å². The molecule has 1 N–H and O–H groups in total. The summed E-state index contributed by atoms with van der Waals surface area (Å²) in [5, 5.41) is 0. The molecule has 1 atom stereocenters. The summed E-state index contributed by atoms with van der Waals surface area (Å²) in [6, 6.07) is 8.27. The Morgan fingerprint density at radius 2 is 2.13 bits per heavy atom. The van der Waals surface area contributed by atoms with Crippen molar-refractivity contribution in [1.82, 2.24) is 14.9 Å². The second-order valence-electron chi connectivity index (χ2n) is 6.13. The Kier molecular flexibility index (Phi) is 5.31. The van der Waals surface area contributed by atoms with Crippen LogP contribution in [0.25, 0.3) is 0 Å². The van der Waals surface area contributed by atoms with Crippen LogP contribution in [0.3, 0.4) is 0 Å². The van der Waals surface area contributed by atoms with Crippen molar-refractivity contribution >= 4 is 0 Å². The largest absolute Gasteiger partial charge is 0.497 e. The number of aryl methyl sites for hydroxylation is 1. The lowest BCUT2D eigenvalue weighted by molar-refractivity contribution is 0.0674. The second kappa shape index (κ2) is 7.62. The molecule has 2 heterocycles. The molecule has 5 nitrogen and oxygen atoms in total. The van der Waals surface area contributed by atoms with Gasteiger partial charge in [0.1, 0.15) is 5.75 Å². The van der Waals surface area contributed by atoms with Gasteiger partial charge in [-0.3, -0.25) is 4.90 Å². The van der Waals surface area contributed by atoms with E-state index in [9.17, 15) is 0 Å². The molecule has 0 radical (unpaired) electrons. The third-order valence-electron chi connectivity index (χ3n) is 4.36. The van der Waals surface area contributed by atoms with Gasteiger partial charge in [-0.15, -0.1) is 0 Å². The van der Waals surface area contributed by atoms with Gasteiger partial charge in [0.25, 0.3) is 0 Å². The lowest BCUT2D eigenvalue weighted by Gasteiger charge is -2.25. The van der Waals surface area contributed by atoms with Crippen LogP contribution in [-0.2, 0) is 17.8 Å². The number of rotatable bonds is 7. The highest BCUT2D eigenvalue weighted by Crippen LogP contribution is 2.19. The zero-order valence-electron chi connectivity index (χ0n) is 13.9. The van der Waals surface area contributed by atoms with Crippen LogP contribution in [0.5, 0.6) is 5.75 Å². The van der Waals surface area contributed by atoms with Crippen molar-refractivity contribution in [2.45, 2.75) is 39.0 Å².